The van der Waals surface area contributed by atoms with E-state index in [0.29, 0.717) is 17.3 Å². The average molecular weight is 531 g/mol. The van der Waals surface area contributed by atoms with Crippen LogP contribution in [0.3, 0.4) is 0 Å². The number of para-hydroxylation sites is 1. The summed E-state index contributed by atoms with van der Waals surface area (Å²) in [4.78, 5) is 29.1. The molecule has 1 N–H and O–H groups in total. The first-order valence-electron chi connectivity index (χ1n) is 12.1. The fraction of sp³-hybridized carbons (Fsp3) is 0.207. The van der Waals surface area contributed by atoms with Gasteiger partial charge in [0.1, 0.15) is 11.1 Å². The van der Waals surface area contributed by atoms with Gasteiger partial charge in [0.15, 0.2) is 0 Å². The van der Waals surface area contributed by atoms with Crippen molar-refractivity contribution in [3.8, 4) is 5.69 Å². The minimum atomic E-state index is -0.850. The maximum absolute atomic E-state index is 13.9. The van der Waals surface area contributed by atoms with Crippen molar-refractivity contribution >= 4 is 35.2 Å². The van der Waals surface area contributed by atoms with E-state index in [1.54, 1.807) is 11.0 Å². The number of thioether (sulfide) groups is 1. The molecule has 2 amide bonds. The van der Waals surface area contributed by atoms with Gasteiger partial charge in [-0.15, -0.1) is 0 Å². The number of hydrogen-bond donors (Lipinski definition) is 1. The van der Waals surface area contributed by atoms with Crippen LogP contribution in [0.2, 0.25) is 5.02 Å². The summed E-state index contributed by atoms with van der Waals surface area (Å²) in [7, 11) is 0. The van der Waals surface area contributed by atoms with E-state index >= 15 is 0 Å². The van der Waals surface area contributed by atoms with Crippen molar-refractivity contribution in [2.75, 3.05) is 5.75 Å². The van der Waals surface area contributed by atoms with Crippen molar-refractivity contribution in [3.63, 3.8) is 0 Å². The Morgan fingerprint density at radius 2 is 1.73 bits per heavy atom. The Hall–Kier alpha value is -3.55. The second-order valence-electron chi connectivity index (χ2n) is 9.06. The van der Waals surface area contributed by atoms with Gasteiger partial charge in [-0.05, 0) is 43.2 Å². The Morgan fingerprint density at radius 1 is 1.03 bits per heavy atom. The lowest BCUT2D eigenvalue weighted by Gasteiger charge is -2.30. The molecule has 4 aromatic rings. The maximum atomic E-state index is 13.9. The number of fused-ring (bicyclic) bond motifs is 1. The molecule has 5 rings (SSSR count). The molecule has 0 saturated heterocycles. The van der Waals surface area contributed by atoms with E-state index in [0.717, 1.165) is 33.0 Å². The molecule has 8 heteroatoms. The Kier molecular flexibility index (Phi) is 7.35. The van der Waals surface area contributed by atoms with Crippen molar-refractivity contribution < 1.29 is 9.59 Å². The second kappa shape index (κ2) is 10.8. The monoisotopic (exact) mass is 530 g/mol. The number of amides is 2. The van der Waals surface area contributed by atoms with Crippen molar-refractivity contribution in [2.45, 2.75) is 38.0 Å². The van der Waals surface area contributed by atoms with Crippen molar-refractivity contribution in [3.05, 3.63) is 112 Å². The van der Waals surface area contributed by atoms with Crippen LogP contribution in [0.15, 0.2) is 83.9 Å². The molecule has 6 nitrogen and oxygen atoms in total. The molecule has 3 aromatic carbocycles. The summed E-state index contributed by atoms with van der Waals surface area (Å²) in [6.07, 6.45) is 0. The Balaban J connectivity index is 1.57. The van der Waals surface area contributed by atoms with Crippen LogP contribution in [-0.4, -0.2) is 32.2 Å². The molecular weight excluding hydrogens is 504 g/mol. The molecule has 0 aliphatic carbocycles. The summed E-state index contributed by atoms with van der Waals surface area (Å²) in [6.45, 7) is 4.50. The Morgan fingerprint density at radius 3 is 2.46 bits per heavy atom. The first-order chi connectivity index (χ1) is 17.9. The van der Waals surface area contributed by atoms with Crippen molar-refractivity contribution in [2.24, 2.45) is 0 Å². The highest BCUT2D eigenvalue weighted by Gasteiger charge is 2.39. The lowest BCUT2D eigenvalue weighted by atomic mass is 10.0. The third-order valence-corrected chi connectivity index (χ3v) is 7.86. The van der Waals surface area contributed by atoms with Crippen LogP contribution in [0, 0.1) is 13.8 Å². The van der Waals surface area contributed by atoms with Gasteiger partial charge in [-0.25, -0.2) is 4.68 Å². The lowest BCUT2D eigenvalue weighted by Crippen LogP contribution is -2.43. The highest BCUT2D eigenvalue weighted by molar-refractivity contribution is 8.00. The molecule has 1 atom stereocenters. The van der Waals surface area contributed by atoms with E-state index < -0.39 is 6.04 Å². The van der Waals surface area contributed by atoms with Crippen LogP contribution in [0.5, 0.6) is 0 Å². The third kappa shape index (κ3) is 5.29. The topological polar surface area (TPSA) is 67.2 Å². The molecule has 1 aliphatic heterocycles. The molecule has 0 radical (unpaired) electrons. The van der Waals surface area contributed by atoms with Crippen LogP contribution in [0.1, 0.15) is 34.0 Å². The van der Waals surface area contributed by atoms with E-state index in [2.05, 4.69) is 5.32 Å². The third-order valence-electron chi connectivity index (χ3n) is 6.44. The molecule has 0 fully saturated rings. The van der Waals surface area contributed by atoms with Gasteiger partial charge in [-0.1, -0.05) is 89.6 Å². The quantitative estimate of drug-likeness (QED) is 0.350. The van der Waals surface area contributed by atoms with Gasteiger partial charge < -0.3 is 10.2 Å². The first-order valence-corrected chi connectivity index (χ1v) is 13.4. The van der Waals surface area contributed by atoms with E-state index in [1.165, 1.54) is 11.8 Å². The number of hydrogen-bond acceptors (Lipinski definition) is 4. The number of nitrogens with zero attached hydrogens (tertiary/aromatic N) is 3. The van der Waals surface area contributed by atoms with E-state index in [-0.39, 0.29) is 24.1 Å². The van der Waals surface area contributed by atoms with Gasteiger partial charge in [0, 0.05) is 23.7 Å². The fourth-order valence-corrected chi connectivity index (χ4v) is 5.79. The van der Waals surface area contributed by atoms with Gasteiger partial charge in [-0.3, -0.25) is 9.59 Å². The normalized spacial score (nSPS) is 15.3. The molecule has 1 aliphatic rings. The highest BCUT2D eigenvalue weighted by Crippen LogP contribution is 2.40. The minimum Gasteiger partial charge on any atom is -0.350 e. The number of carbonyl (C=O) groups is 2. The molecule has 1 aromatic heterocycles. The van der Waals surface area contributed by atoms with Crippen LogP contribution < -0.4 is 5.32 Å². The van der Waals surface area contributed by atoms with Crippen LogP contribution >= 0.6 is 23.4 Å². The second-order valence-corrected chi connectivity index (χ2v) is 10.4. The molecule has 2 heterocycles. The molecule has 0 bridgehead atoms. The van der Waals surface area contributed by atoms with Crippen LogP contribution in [0.4, 0.5) is 0 Å². The molecule has 37 heavy (non-hydrogen) atoms. The average Bonchev–Trinajstić information content (AvgIpc) is 3.15. The number of rotatable bonds is 6. The smallest absolute Gasteiger partial charge is 0.247 e. The van der Waals surface area contributed by atoms with Crippen molar-refractivity contribution in [1.82, 2.24) is 20.0 Å². The molecule has 0 saturated carbocycles. The zero-order valence-corrected chi connectivity index (χ0v) is 22.2. The summed E-state index contributed by atoms with van der Waals surface area (Å²) >= 11 is 7.88. The summed E-state index contributed by atoms with van der Waals surface area (Å²) in [5, 5.41) is 9.23. The number of halogens is 1. The van der Waals surface area contributed by atoms with E-state index in [4.69, 9.17) is 16.7 Å². The fourth-order valence-electron chi connectivity index (χ4n) is 4.48. The summed E-state index contributed by atoms with van der Waals surface area (Å²) in [6, 6.07) is 24.4. The largest absolute Gasteiger partial charge is 0.350 e. The number of aryl methyl sites for hydroxylation is 2. The van der Waals surface area contributed by atoms with Gasteiger partial charge in [-0.2, -0.15) is 5.10 Å². The van der Waals surface area contributed by atoms with Gasteiger partial charge in [0.05, 0.1) is 17.1 Å². The lowest BCUT2D eigenvalue weighted by molar-refractivity contribution is -0.139. The standard InChI is InChI=1S/C29H27ClN4O2S/c1-19-12-14-21(15-13-19)16-31-28(36)27-26-20(2)32-34(23-9-4-3-5-10-23)29(26)37-18-25(35)33(27)17-22-8-6-7-11-24(22)30/h3-15,27H,16-18H2,1-2H3,(H,31,36)/t27-/m1/s1. The molecular formula is C29H27ClN4O2S. The predicted molar refractivity (Wildman–Crippen MR) is 147 cm³/mol. The summed E-state index contributed by atoms with van der Waals surface area (Å²) in [5.74, 6) is -0.187. The predicted octanol–water partition coefficient (Wildman–Crippen LogP) is 5.63. The number of aromatic nitrogens is 2. The van der Waals surface area contributed by atoms with E-state index in [9.17, 15) is 9.59 Å². The molecule has 0 spiro atoms. The summed E-state index contributed by atoms with van der Waals surface area (Å²) < 4.78 is 1.84. The first kappa shape index (κ1) is 25.1. The van der Waals surface area contributed by atoms with Gasteiger partial charge in [0.2, 0.25) is 11.8 Å². The van der Waals surface area contributed by atoms with Crippen LogP contribution in [-0.2, 0) is 22.7 Å². The highest BCUT2D eigenvalue weighted by atomic mass is 35.5. The number of nitrogens with one attached hydrogen (secondary N) is 1. The van der Waals surface area contributed by atoms with Gasteiger partial charge >= 0.3 is 0 Å². The Bertz CT molecular complexity index is 1440. The molecule has 0 unspecified atom stereocenters. The number of carbonyl (C=O) groups excluding carboxylic acids is 2. The zero-order chi connectivity index (χ0) is 25.9. The SMILES string of the molecule is Cc1ccc(CNC(=O)[C@H]2c3c(C)nn(-c4ccccc4)c3SCC(=O)N2Cc2ccccc2Cl)cc1. The van der Waals surface area contributed by atoms with Gasteiger partial charge in [0.25, 0.3) is 0 Å². The zero-order valence-electron chi connectivity index (χ0n) is 20.6. The van der Waals surface area contributed by atoms with Crippen molar-refractivity contribution in [1.29, 1.82) is 0 Å². The summed E-state index contributed by atoms with van der Waals surface area (Å²) in [5.41, 5.74) is 5.26. The van der Waals surface area contributed by atoms with Crippen LogP contribution in [0.25, 0.3) is 5.69 Å². The van der Waals surface area contributed by atoms with E-state index in [1.807, 2.05) is 91.3 Å². The number of benzene rings is 3. The maximum Gasteiger partial charge on any atom is 0.247 e. The molecule has 188 valence electrons. The Labute approximate surface area is 225 Å². The minimum absolute atomic E-state index is 0.129.